The summed E-state index contributed by atoms with van der Waals surface area (Å²) < 4.78 is 2.39. The maximum Gasteiger partial charge on any atom is 0.223 e. The summed E-state index contributed by atoms with van der Waals surface area (Å²) in [6.07, 6.45) is 0.630. The second-order valence-corrected chi connectivity index (χ2v) is 7.11. The van der Waals surface area contributed by atoms with Gasteiger partial charge in [-0.1, -0.05) is 24.3 Å². The van der Waals surface area contributed by atoms with Gasteiger partial charge >= 0.3 is 0 Å². The van der Waals surface area contributed by atoms with Crippen LogP contribution in [-0.4, -0.2) is 46.5 Å². The highest BCUT2D eigenvalue weighted by atomic mass is 16.2. The Bertz CT molecular complexity index is 943. The van der Waals surface area contributed by atoms with Gasteiger partial charge in [0.25, 0.3) is 0 Å². The van der Waals surface area contributed by atoms with E-state index in [1.807, 2.05) is 4.90 Å². The molecule has 4 heteroatoms. The smallest absolute Gasteiger partial charge is 0.223 e. The van der Waals surface area contributed by atoms with Crippen LogP contribution in [0.3, 0.4) is 0 Å². The van der Waals surface area contributed by atoms with E-state index in [9.17, 15) is 4.79 Å². The van der Waals surface area contributed by atoms with Crippen LogP contribution in [0.1, 0.15) is 25.8 Å². The third kappa shape index (κ3) is 2.99. The van der Waals surface area contributed by atoms with Crippen LogP contribution in [0.2, 0.25) is 0 Å². The van der Waals surface area contributed by atoms with Gasteiger partial charge in [-0.25, -0.2) is 0 Å². The summed E-state index contributed by atoms with van der Waals surface area (Å²) in [5, 5.41) is 2.66. The number of aromatic nitrogens is 1. The SMILES string of the molecule is CCN1CCN(Cc2ccc3c(c2)c2ccccc2n3CC)CCC1=O. The Morgan fingerprint density at radius 3 is 2.50 bits per heavy atom. The first-order chi connectivity index (χ1) is 12.7. The molecule has 4 rings (SSSR count). The van der Waals surface area contributed by atoms with Crippen molar-refractivity contribution in [2.45, 2.75) is 33.4 Å². The molecule has 0 radical (unpaired) electrons. The third-order valence-corrected chi connectivity index (χ3v) is 5.62. The molecule has 0 saturated carbocycles. The first-order valence-electron chi connectivity index (χ1n) is 9.71. The quantitative estimate of drug-likeness (QED) is 0.715. The van der Waals surface area contributed by atoms with Crippen LogP contribution >= 0.6 is 0 Å². The van der Waals surface area contributed by atoms with Crippen LogP contribution in [0.15, 0.2) is 42.5 Å². The van der Waals surface area contributed by atoms with E-state index in [2.05, 4.69) is 65.8 Å². The number of hydrogen-bond donors (Lipinski definition) is 0. The molecular formula is C22H27N3O. The lowest BCUT2D eigenvalue weighted by atomic mass is 10.1. The predicted molar refractivity (Wildman–Crippen MR) is 107 cm³/mol. The number of nitrogens with zero attached hydrogens (tertiary/aromatic N) is 3. The van der Waals surface area contributed by atoms with Crippen LogP contribution in [0.4, 0.5) is 0 Å². The van der Waals surface area contributed by atoms with Crippen molar-refractivity contribution in [3.8, 4) is 0 Å². The van der Waals surface area contributed by atoms with Gasteiger partial charge in [0.15, 0.2) is 0 Å². The van der Waals surface area contributed by atoms with Crippen molar-refractivity contribution in [3.05, 3.63) is 48.0 Å². The minimum Gasteiger partial charge on any atom is -0.342 e. The normalized spacial score (nSPS) is 16.5. The molecule has 3 aromatic rings. The first kappa shape index (κ1) is 17.1. The van der Waals surface area contributed by atoms with E-state index in [0.29, 0.717) is 6.42 Å². The molecule has 0 atom stereocenters. The Kier molecular flexibility index (Phi) is 4.68. The van der Waals surface area contributed by atoms with E-state index < -0.39 is 0 Å². The predicted octanol–water partition coefficient (Wildman–Crippen LogP) is 3.87. The molecule has 1 aliphatic heterocycles. The highest BCUT2D eigenvalue weighted by Gasteiger charge is 2.20. The molecule has 1 amide bonds. The molecule has 4 nitrogen and oxygen atoms in total. The van der Waals surface area contributed by atoms with Crippen LogP contribution in [0.25, 0.3) is 21.8 Å². The van der Waals surface area contributed by atoms with Crippen molar-refractivity contribution >= 4 is 27.7 Å². The van der Waals surface area contributed by atoms with Crippen molar-refractivity contribution in [3.63, 3.8) is 0 Å². The van der Waals surface area contributed by atoms with Crippen molar-refractivity contribution in [1.29, 1.82) is 0 Å². The Labute approximate surface area is 155 Å². The minimum absolute atomic E-state index is 0.288. The Morgan fingerprint density at radius 1 is 0.885 bits per heavy atom. The fourth-order valence-corrected chi connectivity index (χ4v) is 4.20. The summed E-state index contributed by atoms with van der Waals surface area (Å²) in [5.74, 6) is 0.288. The number of likely N-dealkylation sites (N-methyl/N-ethyl adjacent to an activating group) is 1. The number of benzene rings is 2. The summed E-state index contributed by atoms with van der Waals surface area (Å²) in [7, 11) is 0. The van der Waals surface area contributed by atoms with Gasteiger partial charge in [0, 0.05) is 67.5 Å². The van der Waals surface area contributed by atoms with Crippen LogP contribution < -0.4 is 0 Å². The molecule has 1 saturated heterocycles. The number of carbonyl (C=O) groups excluding carboxylic acids is 1. The van der Waals surface area contributed by atoms with Gasteiger partial charge in [-0.05, 0) is 37.6 Å². The standard InChI is InChI=1S/C22H27N3O/c1-3-24-14-13-23(12-11-22(24)26)16-17-9-10-21-19(15-17)18-7-5-6-8-20(18)25(21)4-2/h5-10,15H,3-4,11-14,16H2,1-2H3. The molecule has 136 valence electrons. The molecule has 1 aromatic heterocycles. The van der Waals surface area contributed by atoms with Gasteiger partial charge in [-0.15, -0.1) is 0 Å². The molecule has 1 aliphatic rings. The van der Waals surface area contributed by atoms with Gasteiger partial charge in [0.2, 0.25) is 5.91 Å². The van der Waals surface area contributed by atoms with Gasteiger partial charge in [-0.3, -0.25) is 9.69 Å². The number of rotatable bonds is 4. The zero-order chi connectivity index (χ0) is 18.1. The number of amides is 1. The topological polar surface area (TPSA) is 28.5 Å². The lowest BCUT2D eigenvalue weighted by molar-refractivity contribution is -0.130. The number of fused-ring (bicyclic) bond motifs is 3. The molecule has 26 heavy (non-hydrogen) atoms. The Balaban J connectivity index is 1.64. The van der Waals surface area contributed by atoms with E-state index in [1.165, 1.54) is 27.4 Å². The summed E-state index contributed by atoms with van der Waals surface area (Å²) in [6, 6.07) is 15.5. The summed E-state index contributed by atoms with van der Waals surface area (Å²) in [6.45, 7) is 9.61. The molecule has 0 N–H and O–H groups in total. The zero-order valence-corrected chi connectivity index (χ0v) is 15.7. The molecule has 0 spiro atoms. The van der Waals surface area contributed by atoms with E-state index in [0.717, 1.165) is 39.3 Å². The van der Waals surface area contributed by atoms with Crippen LogP contribution in [0, 0.1) is 0 Å². The van der Waals surface area contributed by atoms with Gasteiger partial charge in [-0.2, -0.15) is 0 Å². The highest BCUT2D eigenvalue weighted by molar-refractivity contribution is 6.08. The average molecular weight is 349 g/mol. The fourth-order valence-electron chi connectivity index (χ4n) is 4.20. The number of aryl methyl sites for hydroxylation is 1. The summed E-state index contributed by atoms with van der Waals surface area (Å²) in [5.41, 5.74) is 3.94. The van der Waals surface area contributed by atoms with Gasteiger partial charge in [0.1, 0.15) is 0 Å². The molecule has 0 aliphatic carbocycles. The number of hydrogen-bond acceptors (Lipinski definition) is 2. The molecular weight excluding hydrogens is 322 g/mol. The molecule has 2 aromatic carbocycles. The number of carbonyl (C=O) groups is 1. The zero-order valence-electron chi connectivity index (χ0n) is 15.7. The minimum atomic E-state index is 0.288. The summed E-state index contributed by atoms with van der Waals surface area (Å²) >= 11 is 0. The van der Waals surface area contributed by atoms with Gasteiger partial charge < -0.3 is 9.47 Å². The second-order valence-electron chi connectivity index (χ2n) is 7.11. The van der Waals surface area contributed by atoms with Gasteiger partial charge in [0.05, 0.1) is 0 Å². The van der Waals surface area contributed by atoms with Crippen molar-refractivity contribution in [1.82, 2.24) is 14.4 Å². The van der Waals surface area contributed by atoms with E-state index >= 15 is 0 Å². The summed E-state index contributed by atoms with van der Waals surface area (Å²) in [4.78, 5) is 16.5. The molecule has 0 unspecified atom stereocenters. The second kappa shape index (κ2) is 7.12. The van der Waals surface area contributed by atoms with E-state index in [4.69, 9.17) is 0 Å². The first-order valence-corrected chi connectivity index (χ1v) is 9.71. The largest absolute Gasteiger partial charge is 0.342 e. The molecule has 2 heterocycles. The third-order valence-electron chi connectivity index (χ3n) is 5.62. The van der Waals surface area contributed by atoms with Crippen LogP contribution in [0.5, 0.6) is 0 Å². The monoisotopic (exact) mass is 349 g/mol. The lowest BCUT2D eigenvalue weighted by Crippen LogP contribution is -2.32. The number of para-hydroxylation sites is 1. The van der Waals surface area contributed by atoms with Crippen molar-refractivity contribution in [2.24, 2.45) is 0 Å². The Hall–Kier alpha value is -2.33. The maximum absolute atomic E-state index is 12.1. The molecule has 0 bridgehead atoms. The Morgan fingerprint density at radius 2 is 1.69 bits per heavy atom. The van der Waals surface area contributed by atoms with E-state index in [1.54, 1.807) is 0 Å². The fraction of sp³-hybridized carbons (Fsp3) is 0.409. The van der Waals surface area contributed by atoms with E-state index in [-0.39, 0.29) is 5.91 Å². The molecule has 1 fully saturated rings. The maximum atomic E-state index is 12.1. The average Bonchev–Trinajstić information content (AvgIpc) is 2.87. The highest BCUT2D eigenvalue weighted by Crippen LogP contribution is 2.30. The lowest BCUT2D eigenvalue weighted by Gasteiger charge is -2.21. The van der Waals surface area contributed by atoms with Crippen molar-refractivity contribution < 1.29 is 4.79 Å². The van der Waals surface area contributed by atoms with Crippen LogP contribution in [-0.2, 0) is 17.9 Å². The van der Waals surface area contributed by atoms with Crippen molar-refractivity contribution in [2.75, 3.05) is 26.2 Å².